The second-order valence-corrected chi connectivity index (χ2v) is 2.38. The van der Waals surface area contributed by atoms with E-state index in [0.717, 1.165) is 0 Å². The Labute approximate surface area is 65.1 Å². The molecule has 0 aliphatic carbocycles. The highest BCUT2D eigenvalue weighted by Crippen LogP contribution is 2.03. The summed E-state index contributed by atoms with van der Waals surface area (Å²) in [6.07, 6.45) is 1.48. The molecule has 4 nitrogen and oxygen atoms in total. The van der Waals surface area contributed by atoms with Crippen LogP contribution in [0.5, 0.6) is 0 Å². The van der Waals surface area contributed by atoms with Gasteiger partial charge in [0.1, 0.15) is 0 Å². The molecule has 1 atom stereocenters. The second kappa shape index (κ2) is 4.10. The number of rotatable bonds is 5. The van der Waals surface area contributed by atoms with Gasteiger partial charge in [-0.25, -0.2) is 4.79 Å². The summed E-state index contributed by atoms with van der Waals surface area (Å²) in [4.78, 5) is 10.3. The number of carbonyl (C=O) groups is 1. The zero-order chi connectivity index (χ0) is 8.91. The molecule has 64 valence electrons. The maximum Gasteiger partial charge on any atom is 0.337 e. The fraction of sp³-hybridized carbons (Fsp3) is 0.571. The molecule has 0 aliphatic rings. The zero-order valence-corrected chi connectivity index (χ0v) is 6.41. The smallest absolute Gasteiger partial charge is 0.337 e. The first-order chi connectivity index (χ1) is 5.00. The highest BCUT2D eigenvalue weighted by atomic mass is 16.5. The van der Waals surface area contributed by atoms with E-state index in [-0.39, 0.29) is 13.2 Å². The van der Waals surface area contributed by atoms with Gasteiger partial charge in [0.15, 0.2) is 5.60 Å². The van der Waals surface area contributed by atoms with Crippen LogP contribution in [0.25, 0.3) is 0 Å². The fourth-order valence-electron chi connectivity index (χ4n) is 0.403. The molecule has 0 saturated heterocycles. The number of carboxylic acid groups (broad SMARTS) is 1. The van der Waals surface area contributed by atoms with E-state index in [1.807, 2.05) is 0 Å². The van der Waals surface area contributed by atoms with Crippen molar-refractivity contribution < 1.29 is 19.7 Å². The molecule has 0 bridgehead atoms. The largest absolute Gasteiger partial charge is 0.479 e. The average Bonchev–Trinajstić information content (AvgIpc) is 1.88. The molecule has 0 saturated carbocycles. The average molecular weight is 160 g/mol. The van der Waals surface area contributed by atoms with Gasteiger partial charge >= 0.3 is 5.97 Å². The van der Waals surface area contributed by atoms with Gasteiger partial charge in [-0.1, -0.05) is 6.08 Å². The number of hydrogen-bond acceptors (Lipinski definition) is 3. The lowest BCUT2D eigenvalue weighted by Crippen LogP contribution is -2.39. The van der Waals surface area contributed by atoms with Crippen LogP contribution in [0.1, 0.15) is 6.92 Å². The summed E-state index contributed by atoms with van der Waals surface area (Å²) < 4.78 is 4.76. The molecule has 0 spiro atoms. The van der Waals surface area contributed by atoms with Crippen molar-refractivity contribution in [2.75, 3.05) is 13.2 Å². The van der Waals surface area contributed by atoms with E-state index in [0.29, 0.717) is 0 Å². The van der Waals surface area contributed by atoms with Gasteiger partial charge < -0.3 is 14.9 Å². The van der Waals surface area contributed by atoms with E-state index in [2.05, 4.69) is 6.58 Å². The van der Waals surface area contributed by atoms with Crippen LogP contribution in [-0.4, -0.2) is 35.0 Å². The van der Waals surface area contributed by atoms with E-state index in [1.165, 1.54) is 13.0 Å². The molecule has 0 amide bonds. The number of aliphatic carboxylic acids is 1. The molecular formula is C7H12O4. The third-order valence-corrected chi connectivity index (χ3v) is 1.08. The summed E-state index contributed by atoms with van der Waals surface area (Å²) >= 11 is 0. The molecule has 0 heterocycles. The zero-order valence-electron chi connectivity index (χ0n) is 6.41. The normalized spacial score (nSPS) is 15.5. The minimum absolute atomic E-state index is 0.228. The van der Waals surface area contributed by atoms with Crippen molar-refractivity contribution in [3.05, 3.63) is 12.7 Å². The van der Waals surface area contributed by atoms with Crippen LogP contribution < -0.4 is 0 Å². The number of aliphatic hydroxyl groups is 1. The monoisotopic (exact) mass is 160 g/mol. The molecule has 0 fully saturated rings. The Morgan fingerprint density at radius 1 is 1.82 bits per heavy atom. The number of carboxylic acids is 1. The summed E-state index contributed by atoms with van der Waals surface area (Å²) in [7, 11) is 0. The van der Waals surface area contributed by atoms with Crippen LogP contribution >= 0.6 is 0 Å². The lowest BCUT2D eigenvalue weighted by molar-refractivity contribution is -0.162. The van der Waals surface area contributed by atoms with Gasteiger partial charge in [0, 0.05) is 0 Å². The SMILES string of the molecule is C=CCOCC(C)(O)C(=O)O. The van der Waals surface area contributed by atoms with E-state index >= 15 is 0 Å². The van der Waals surface area contributed by atoms with Gasteiger partial charge in [0.05, 0.1) is 13.2 Å². The maximum atomic E-state index is 10.3. The molecule has 0 radical (unpaired) electrons. The number of hydrogen-bond donors (Lipinski definition) is 2. The predicted molar refractivity (Wildman–Crippen MR) is 39.3 cm³/mol. The fourth-order valence-corrected chi connectivity index (χ4v) is 0.403. The van der Waals surface area contributed by atoms with E-state index < -0.39 is 11.6 Å². The Morgan fingerprint density at radius 2 is 2.36 bits per heavy atom. The lowest BCUT2D eigenvalue weighted by atomic mass is 10.1. The Balaban J connectivity index is 3.72. The van der Waals surface area contributed by atoms with E-state index in [1.54, 1.807) is 0 Å². The molecule has 2 N–H and O–H groups in total. The highest BCUT2D eigenvalue weighted by Gasteiger charge is 2.29. The van der Waals surface area contributed by atoms with Crippen LogP contribution in [0.2, 0.25) is 0 Å². The Morgan fingerprint density at radius 3 is 2.73 bits per heavy atom. The van der Waals surface area contributed by atoms with Crippen molar-refractivity contribution in [3.8, 4) is 0 Å². The molecule has 11 heavy (non-hydrogen) atoms. The predicted octanol–water partition coefficient (Wildman–Crippen LogP) is 0.0246. The van der Waals surface area contributed by atoms with Crippen LogP contribution in [-0.2, 0) is 9.53 Å². The molecule has 0 rings (SSSR count). The standard InChI is InChI=1S/C7H12O4/c1-3-4-11-5-7(2,10)6(8)9/h3,10H,1,4-5H2,2H3,(H,8,9). The quantitative estimate of drug-likeness (QED) is 0.439. The third kappa shape index (κ3) is 3.75. The van der Waals surface area contributed by atoms with Crippen LogP contribution in [0.15, 0.2) is 12.7 Å². The minimum Gasteiger partial charge on any atom is -0.479 e. The first-order valence-electron chi connectivity index (χ1n) is 3.15. The molecule has 0 aromatic carbocycles. The Hall–Kier alpha value is -0.870. The van der Waals surface area contributed by atoms with E-state index in [9.17, 15) is 4.79 Å². The topological polar surface area (TPSA) is 66.8 Å². The number of ether oxygens (including phenoxy) is 1. The summed E-state index contributed by atoms with van der Waals surface area (Å²) in [6.45, 7) is 4.56. The molecule has 0 aromatic rings. The molecular weight excluding hydrogens is 148 g/mol. The Bertz CT molecular complexity index is 151. The van der Waals surface area contributed by atoms with Crippen molar-refractivity contribution in [1.29, 1.82) is 0 Å². The van der Waals surface area contributed by atoms with E-state index in [4.69, 9.17) is 14.9 Å². The highest BCUT2D eigenvalue weighted by molar-refractivity contribution is 5.76. The molecule has 1 unspecified atom stereocenters. The third-order valence-electron chi connectivity index (χ3n) is 1.08. The van der Waals surface area contributed by atoms with Crippen molar-refractivity contribution >= 4 is 5.97 Å². The van der Waals surface area contributed by atoms with Gasteiger partial charge in [-0.2, -0.15) is 0 Å². The molecule has 0 aliphatic heterocycles. The second-order valence-electron chi connectivity index (χ2n) is 2.38. The summed E-state index contributed by atoms with van der Waals surface area (Å²) in [5, 5.41) is 17.4. The summed E-state index contributed by atoms with van der Waals surface area (Å²) in [6, 6.07) is 0. The summed E-state index contributed by atoms with van der Waals surface area (Å²) in [5.74, 6) is -1.29. The summed E-state index contributed by atoms with van der Waals surface area (Å²) in [5.41, 5.74) is -1.80. The van der Waals surface area contributed by atoms with Gasteiger partial charge in [-0.15, -0.1) is 6.58 Å². The minimum atomic E-state index is -1.80. The Kier molecular flexibility index (Phi) is 3.78. The van der Waals surface area contributed by atoms with Gasteiger partial charge in [0.25, 0.3) is 0 Å². The molecule has 0 aromatic heterocycles. The van der Waals surface area contributed by atoms with Crippen LogP contribution in [0.4, 0.5) is 0 Å². The van der Waals surface area contributed by atoms with Crippen molar-refractivity contribution in [3.63, 3.8) is 0 Å². The lowest BCUT2D eigenvalue weighted by Gasteiger charge is -2.16. The first kappa shape index (κ1) is 10.1. The van der Waals surface area contributed by atoms with Gasteiger partial charge in [-0.05, 0) is 6.92 Å². The van der Waals surface area contributed by atoms with Crippen LogP contribution in [0, 0.1) is 0 Å². The van der Waals surface area contributed by atoms with Gasteiger partial charge in [0.2, 0.25) is 0 Å². The van der Waals surface area contributed by atoms with Gasteiger partial charge in [-0.3, -0.25) is 0 Å². The van der Waals surface area contributed by atoms with Crippen molar-refractivity contribution in [1.82, 2.24) is 0 Å². The van der Waals surface area contributed by atoms with Crippen LogP contribution in [0.3, 0.4) is 0 Å². The first-order valence-corrected chi connectivity index (χ1v) is 3.15. The van der Waals surface area contributed by atoms with Crippen molar-refractivity contribution in [2.24, 2.45) is 0 Å². The molecule has 4 heteroatoms. The maximum absolute atomic E-state index is 10.3. The van der Waals surface area contributed by atoms with Crippen molar-refractivity contribution in [2.45, 2.75) is 12.5 Å².